The van der Waals surface area contributed by atoms with E-state index in [1.807, 2.05) is 31.3 Å². The Morgan fingerprint density at radius 1 is 1.20 bits per heavy atom. The summed E-state index contributed by atoms with van der Waals surface area (Å²) in [6, 6.07) is 5.93. The average Bonchev–Trinajstić information content (AvgIpc) is 3.40. The highest BCUT2D eigenvalue weighted by Gasteiger charge is 2.54. The Bertz CT molecular complexity index is 1180. The number of benzene rings is 1. The highest BCUT2D eigenvalue weighted by atomic mass is 19.1. The normalized spacial score (nSPS) is 34.2. The summed E-state index contributed by atoms with van der Waals surface area (Å²) in [5.74, 6) is 1.79. The molecule has 35 heavy (non-hydrogen) atoms. The van der Waals surface area contributed by atoms with Gasteiger partial charge in [-0.1, -0.05) is 6.92 Å². The van der Waals surface area contributed by atoms with Crippen LogP contribution in [-0.2, 0) is 16.0 Å². The van der Waals surface area contributed by atoms with Gasteiger partial charge < -0.3 is 10.3 Å². The first-order valence-corrected chi connectivity index (χ1v) is 13.1. The van der Waals surface area contributed by atoms with E-state index >= 15 is 0 Å². The van der Waals surface area contributed by atoms with Gasteiger partial charge in [-0.15, -0.1) is 0 Å². The second-order valence-corrected chi connectivity index (χ2v) is 11.8. The van der Waals surface area contributed by atoms with Crippen molar-refractivity contribution in [1.82, 2.24) is 9.88 Å². The minimum absolute atomic E-state index is 0.00457. The summed E-state index contributed by atoms with van der Waals surface area (Å²) in [4.78, 5) is 34.6. The first-order chi connectivity index (χ1) is 16.8. The van der Waals surface area contributed by atoms with E-state index in [0.29, 0.717) is 6.42 Å². The average molecular weight is 477 g/mol. The van der Waals surface area contributed by atoms with Crippen LogP contribution in [0.3, 0.4) is 0 Å². The summed E-state index contributed by atoms with van der Waals surface area (Å²) in [5.41, 5.74) is 2.54. The molecule has 5 fully saturated rings. The monoisotopic (exact) mass is 476 g/mol. The summed E-state index contributed by atoms with van der Waals surface area (Å²) in [6.45, 7) is 9.14. The Morgan fingerprint density at radius 3 is 2.54 bits per heavy atom. The first kappa shape index (κ1) is 22.6. The number of hydrogen-bond acceptors (Lipinski definition) is 2. The van der Waals surface area contributed by atoms with E-state index in [9.17, 15) is 14.0 Å². The maximum absolute atomic E-state index is 13.8. The van der Waals surface area contributed by atoms with Gasteiger partial charge in [0.2, 0.25) is 11.8 Å². The predicted molar refractivity (Wildman–Crippen MR) is 132 cm³/mol. The van der Waals surface area contributed by atoms with E-state index in [4.69, 9.17) is 6.57 Å². The largest absolute Gasteiger partial charge is 0.361 e. The maximum atomic E-state index is 13.8. The molecule has 1 unspecified atom stereocenters. The standard InChI is InChI=1S/C28H33FN4O2/c1-16(26(34)33-15-21(29)9-25(33)30-2)5-20-14-31-24-4-3-22(10-23(20)24)32-27(35)28-11-17-6-18(12-28)8-19(7-17)13-28/h3-4,10,14,16-19,21,25,31H,5-9,11-13,15H2,1H3,(H,32,35)/t16?,17?,18?,19?,21-,25-,28?/m0/s1. The van der Waals surface area contributed by atoms with E-state index < -0.39 is 12.3 Å². The van der Waals surface area contributed by atoms with E-state index in [-0.39, 0.29) is 36.1 Å². The number of amides is 2. The van der Waals surface area contributed by atoms with Crippen molar-refractivity contribution in [3.8, 4) is 0 Å². The van der Waals surface area contributed by atoms with E-state index in [2.05, 4.69) is 15.1 Å². The zero-order valence-corrected chi connectivity index (χ0v) is 20.2. The van der Waals surface area contributed by atoms with Gasteiger partial charge in [-0.05, 0) is 86.5 Å². The number of anilines is 1. The van der Waals surface area contributed by atoms with Gasteiger partial charge in [0.1, 0.15) is 6.17 Å². The molecule has 3 atom stereocenters. The molecule has 5 aliphatic rings. The number of rotatable bonds is 5. The number of nitrogens with zero attached hydrogens (tertiary/aromatic N) is 2. The number of hydrogen-bond donors (Lipinski definition) is 2. The third kappa shape index (κ3) is 3.91. The van der Waals surface area contributed by atoms with Crippen LogP contribution >= 0.6 is 0 Å². The highest BCUT2D eigenvalue weighted by molar-refractivity contribution is 5.98. The maximum Gasteiger partial charge on any atom is 0.303 e. The molecule has 1 aromatic carbocycles. The molecule has 4 saturated carbocycles. The first-order valence-electron chi connectivity index (χ1n) is 13.1. The fourth-order valence-corrected chi connectivity index (χ4v) is 7.90. The lowest BCUT2D eigenvalue weighted by Gasteiger charge is -2.55. The van der Waals surface area contributed by atoms with Crippen LogP contribution in [0, 0.1) is 35.7 Å². The second-order valence-electron chi connectivity index (χ2n) is 11.8. The Hall–Kier alpha value is -2.88. The van der Waals surface area contributed by atoms with E-state index in [0.717, 1.165) is 59.2 Å². The fourth-order valence-electron chi connectivity index (χ4n) is 7.90. The number of fused-ring (bicyclic) bond motifs is 1. The number of nitrogens with one attached hydrogen (secondary N) is 2. The third-order valence-electron chi connectivity index (χ3n) is 9.15. The molecule has 4 aliphatic carbocycles. The van der Waals surface area contributed by atoms with Crippen molar-refractivity contribution in [3.63, 3.8) is 0 Å². The summed E-state index contributed by atoms with van der Waals surface area (Å²) >= 11 is 0. The molecule has 2 aromatic rings. The minimum atomic E-state index is -1.13. The predicted octanol–water partition coefficient (Wildman–Crippen LogP) is 5.32. The van der Waals surface area contributed by atoms with Crippen molar-refractivity contribution in [3.05, 3.63) is 41.4 Å². The Balaban J connectivity index is 1.18. The molecular weight excluding hydrogens is 443 g/mol. The molecule has 6 nitrogen and oxygen atoms in total. The fraction of sp³-hybridized carbons (Fsp3) is 0.607. The number of aromatic nitrogens is 1. The molecule has 1 saturated heterocycles. The van der Waals surface area contributed by atoms with Crippen LogP contribution in [-0.4, -0.2) is 40.6 Å². The van der Waals surface area contributed by atoms with Gasteiger partial charge in [0.15, 0.2) is 0 Å². The van der Waals surface area contributed by atoms with Crippen LogP contribution in [0.25, 0.3) is 15.7 Å². The number of carbonyl (C=O) groups excluding carboxylic acids is 2. The molecule has 0 spiro atoms. The lowest BCUT2D eigenvalue weighted by atomic mass is 9.49. The third-order valence-corrected chi connectivity index (χ3v) is 9.15. The van der Waals surface area contributed by atoms with Crippen LogP contribution in [0.2, 0.25) is 0 Å². The molecule has 184 valence electrons. The van der Waals surface area contributed by atoms with Crippen LogP contribution < -0.4 is 5.32 Å². The number of carbonyl (C=O) groups is 2. The van der Waals surface area contributed by atoms with Crippen molar-refractivity contribution in [2.75, 3.05) is 11.9 Å². The summed E-state index contributed by atoms with van der Waals surface area (Å²) < 4.78 is 13.8. The Labute approximate surface area is 205 Å². The van der Waals surface area contributed by atoms with E-state index in [1.165, 1.54) is 24.2 Å². The summed E-state index contributed by atoms with van der Waals surface area (Å²) in [7, 11) is 0. The minimum Gasteiger partial charge on any atom is -0.361 e. The Morgan fingerprint density at radius 2 is 1.89 bits per heavy atom. The van der Waals surface area contributed by atoms with Gasteiger partial charge in [0, 0.05) is 28.7 Å². The molecule has 7 rings (SSSR count). The molecule has 2 amide bonds. The van der Waals surface area contributed by atoms with Gasteiger partial charge in [-0.25, -0.2) is 11.0 Å². The molecule has 4 bridgehead atoms. The van der Waals surface area contributed by atoms with Crippen molar-refractivity contribution in [2.45, 2.75) is 70.6 Å². The molecule has 7 heteroatoms. The number of halogens is 1. The molecule has 0 radical (unpaired) electrons. The second kappa shape index (κ2) is 8.36. The van der Waals surface area contributed by atoms with Gasteiger partial charge in [0.05, 0.1) is 18.4 Å². The number of alkyl halides is 1. The van der Waals surface area contributed by atoms with Gasteiger partial charge in [-0.3, -0.25) is 19.3 Å². The topological polar surface area (TPSA) is 69.6 Å². The zero-order chi connectivity index (χ0) is 24.3. The van der Waals surface area contributed by atoms with Crippen molar-refractivity contribution in [2.24, 2.45) is 29.1 Å². The number of likely N-dealkylation sites (tertiary alicyclic amines) is 1. The quantitative estimate of drug-likeness (QED) is 0.574. The van der Waals surface area contributed by atoms with Crippen molar-refractivity contribution >= 4 is 28.4 Å². The lowest BCUT2D eigenvalue weighted by molar-refractivity contribution is -0.140. The number of aromatic amines is 1. The van der Waals surface area contributed by atoms with Crippen LogP contribution in [0.1, 0.15) is 57.4 Å². The molecular formula is C28H33FN4O2. The van der Waals surface area contributed by atoms with Crippen LogP contribution in [0.15, 0.2) is 24.4 Å². The lowest BCUT2D eigenvalue weighted by Crippen LogP contribution is -2.51. The van der Waals surface area contributed by atoms with Gasteiger partial charge in [0.25, 0.3) is 0 Å². The molecule has 2 heterocycles. The SMILES string of the molecule is [C-]#[N+][C@@H]1C[C@H](F)CN1C(=O)C(C)Cc1c[nH]c2ccc(NC(=O)C34CC5CC(CC(C5)C3)C4)cc12. The molecule has 2 N–H and O–H groups in total. The van der Waals surface area contributed by atoms with Gasteiger partial charge >= 0.3 is 6.17 Å². The van der Waals surface area contributed by atoms with Crippen molar-refractivity contribution in [1.29, 1.82) is 0 Å². The highest BCUT2D eigenvalue weighted by Crippen LogP contribution is 2.60. The van der Waals surface area contributed by atoms with Crippen molar-refractivity contribution < 1.29 is 14.0 Å². The smallest absolute Gasteiger partial charge is 0.303 e. The van der Waals surface area contributed by atoms with Crippen LogP contribution in [0.5, 0.6) is 0 Å². The van der Waals surface area contributed by atoms with Crippen LogP contribution in [0.4, 0.5) is 10.1 Å². The summed E-state index contributed by atoms with van der Waals surface area (Å²) in [5, 5.41) is 4.23. The summed E-state index contributed by atoms with van der Waals surface area (Å²) in [6.07, 6.45) is 7.69. The molecule has 1 aromatic heterocycles. The molecule has 1 aliphatic heterocycles. The van der Waals surface area contributed by atoms with Gasteiger partial charge in [-0.2, -0.15) is 0 Å². The zero-order valence-electron chi connectivity index (χ0n) is 20.2. The van der Waals surface area contributed by atoms with E-state index in [1.54, 1.807) is 0 Å². The Kier molecular flexibility index (Phi) is 5.39. The number of H-pyrrole nitrogens is 1.